The number of carbonyl (C=O) groups excluding carboxylic acids is 1. The molecule has 3 unspecified atom stereocenters. The molecule has 3 atom stereocenters. The summed E-state index contributed by atoms with van der Waals surface area (Å²) in [5.41, 5.74) is 0. The van der Waals surface area contributed by atoms with Gasteiger partial charge in [-0.25, -0.2) is 0 Å². The van der Waals surface area contributed by atoms with E-state index in [9.17, 15) is 4.79 Å². The second kappa shape index (κ2) is 5.17. The molecule has 0 spiro atoms. The summed E-state index contributed by atoms with van der Waals surface area (Å²) in [6.45, 7) is 6.76. The molecule has 0 aliphatic carbocycles. The van der Waals surface area contributed by atoms with E-state index in [1.165, 1.54) is 32.4 Å². The molecule has 0 aromatic heterocycles. The van der Waals surface area contributed by atoms with E-state index >= 15 is 0 Å². The molecule has 2 N–H and O–H groups in total. The normalized spacial score (nSPS) is 43.7. The van der Waals surface area contributed by atoms with Gasteiger partial charge in [0.15, 0.2) is 0 Å². The lowest BCUT2D eigenvalue weighted by Gasteiger charge is -2.45. The molecule has 0 radical (unpaired) electrons. The van der Waals surface area contributed by atoms with Gasteiger partial charge in [0.1, 0.15) is 0 Å². The van der Waals surface area contributed by atoms with Gasteiger partial charge >= 0.3 is 0 Å². The number of hydrogen-bond acceptors (Lipinski definition) is 3. The molecule has 102 valence electrons. The molecular formula is C14H25N3O. The Balaban J connectivity index is 1.54. The van der Waals surface area contributed by atoms with Gasteiger partial charge in [-0.15, -0.1) is 0 Å². The second-order valence-electron chi connectivity index (χ2n) is 6.39. The molecule has 0 saturated carbocycles. The smallest absolute Gasteiger partial charge is 0.237 e. The van der Waals surface area contributed by atoms with Crippen molar-refractivity contribution in [2.45, 2.75) is 44.7 Å². The zero-order chi connectivity index (χ0) is 12.5. The molecule has 0 aromatic carbocycles. The third kappa shape index (κ3) is 2.54. The maximum Gasteiger partial charge on any atom is 0.237 e. The van der Waals surface area contributed by atoms with Crippen LogP contribution >= 0.6 is 0 Å². The van der Waals surface area contributed by atoms with Crippen LogP contribution in [0.25, 0.3) is 0 Å². The van der Waals surface area contributed by atoms with Crippen LogP contribution in [0.15, 0.2) is 0 Å². The van der Waals surface area contributed by atoms with Gasteiger partial charge in [0, 0.05) is 12.6 Å². The standard InChI is InChI=1S/C14H25N3O/c1-10-2-5-15-12(8-10)14(18)16-13-9-17-6-3-11(13)4-7-17/h10-13,15H,2-9H2,1H3,(H,16,18). The Bertz CT molecular complexity index is 312. The molecular weight excluding hydrogens is 226 g/mol. The Hall–Kier alpha value is -0.610. The topological polar surface area (TPSA) is 44.4 Å². The van der Waals surface area contributed by atoms with Gasteiger partial charge in [0.2, 0.25) is 5.91 Å². The lowest BCUT2D eigenvalue weighted by atomic mass is 9.83. The number of nitrogens with one attached hydrogen (secondary N) is 2. The van der Waals surface area contributed by atoms with Crippen LogP contribution in [0, 0.1) is 11.8 Å². The van der Waals surface area contributed by atoms with Crippen LogP contribution in [-0.4, -0.2) is 49.1 Å². The van der Waals surface area contributed by atoms with Crippen molar-refractivity contribution in [3.05, 3.63) is 0 Å². The number of hydrogen-bond donors (Lipinski definition) is 2. The maximum absolute atomic E-state index is 12.3. The third-order valence-electron chi connectivity index (χ3n) is 4.97. The van der Waals surface area contributed by atoms with E-state index in [0.29, 0.717) is 12.0 Å². The van der Waals surface area contributed by atoms with Crippen molar-refractivity contribution in [1.29, 1.82) is 0 Å². The molecule has 4 rings (SSSR count). The van der Waals surface area contributed by atoms with E-state index in [0.717, 1.165) is 25.4 Å². The highest BCUT2D eigenvalue weighted by molar-refractivity contribution is 5.82. The minimum Gasteiger partial charge on any atom is -0.350 e. The Morgan fingerprint density at radius 3 is 2.67 bits per heavy atom. The van der Waals surface area contributed by atoms with Gasteiger partial charge in [-0.2, -0.15) is 0 Å². The van der Waals surface area contributed by atoms with E-state index < -0.39 is 0 Å². The number of nitrogens with zero attached hydrogens (tertiary/aromatic N) is 1. The fourth-order valence-electron chi connectivity index (χ4n) is 3.72. The van der Waals surface area contributed by atoms with Crippen LogP contribution in [0.3, 0.4) is 0 Å². The number of piperidine rings is 4. The SMILES string of the molecule is CC1CCNC(C(=O)NC2CN3CCC2CC3)C1. The summed E-state index contributed by atoms with van der Waals surface area (Å²) in [7, 11) is 0. The predicted octanol–water partition coefficient (Wildman–Crippen LogP) is 0.585. The van der Waals surface area contributed by atoms with Gasteiger partial charge in [0.05, 0.1) is 6.04 Å². The van der Waals surface area contributed by atoms with Crippen LogP contribution in [0.1, 0.15) is 32.6 Å². The van der Waals surface area contributed by atoms with Gasteiger partial charge in [-0.3, -0.25) is 4.79 Å². The van der Waals surface area contributed by atoms with E-state index in [-0.39, 0.29) is 11.9 Å². The molecule has 4 aliphatic heterocycles. The van der Waals surface area contributed by atoms with Crippen LogP contribution in [0.2, 0.25) is 0 Å². The van der Waals surface area contributed by atoms with Crippen LogP contribution in [0.5, 0.6) is 0 Å². The largest absolute Gasteiger partial charge is 0.350 e. The molecule has 18 heavy (non-hydrogen) atoms. The second-order valence-corrected chi connectivity index (χ2v) is 6.39. The average molecular weight is 251 g/mol. The molecule has 2 bridgehead atoms. The summed E-state index contributed by atoms with van der Waals surface area (Å²) in [5, 5.41) is 6.65. The first kappa shape index (κ1) is 12.4. The molecule has 4 heteroatoms. The monoisotopic (exact) mass is 251 g/mol. The molecule has 4 nitrogen and oxygen atoms in total. The van der Waals surface area contributed by atoms with Crippen LogP contribution in [-0.2, 0) is 4.79 Å². The highest BCUT2D eigenvalue weighted by atomic mass is 16.2. The molecule has 1 amide bonds. The minimum atomic E-state index is 0.0456. The summed E-state index contributed by atoms with van der Waals surface area (Å²) < 4.78 is 0. The zero-order valence-corrected chi connectivity index (χ0v) is 11.3. The molecule has 0 aromatic rings. The lowest BCUT2D eigenvalue weighted by Crippen LogP contribution is -2.60. The first-order chi connectivity index (χ1) is 8.72. The zero-order valence-electron chi connectivity index (χ0n) is 11.3. The van der Waals surface area contributed by atoms with E-state index in [4.69, 9.17) is 0 Å². The number of carbonyl (C=O) groups is 1. The molecule has 4 fully saturated rings. The molecule has 4 aliphatic rings. The predicted molar refractivity (Wildman–Crippen MR) is 71.3 cm³/mol. The Labute approximate surface area is 109 Å². The Morgan fingerprint density at radius 2 is 2.06 bits per heavy atom. The van der Waals surface area contributed by atoms with Crippen molar-refractivity contribution in [2.75, 3.05) is 26.2 Å². The average Bonchev–Trinajstić information content (AvgIpc) is 2.40. The van der Waals surface area contributed by atoms with Crippen molar-refractivity contribution in [2.24, 2.45) is 11.8 Å². The summed E-state index contributed by atoms with van der Waals surface area (Å²) >= 11 is 0. The van der Waals surface area contributed by atoms with E-state index in [2.05, 4.69) is 22.5 Å². The Morgan fingerprint density at radius 1 is 1.28 bits per heavy atom. The maximum atomic E-state index is 12.3. The van der Waals surface area contributed by atoms with Crippen molar-refractivity contribution in [3.8, 4) is 0 Å². The van der Waals surface area contributed by atoms with Crippen LogP contribution in [0.4, 0.5) is 0 Å². The first-order valence-electron chi connectivity index (χ1n) is 7.48. The number of rotatable bonds is 2. The minimum absolute atomic E-state index is 0.0456. The van der Waals surface area contributed by atoms with E-state index in [1.54, 1.807) is 0 Å². The number of amides is 1. The summed E-state index contributed by atoms with van der Waals surface area (Å²) in [5.74, 6) is 1.63. The van der Waals surface area contributed by atoms with Crippen LogP contribution < -0.4 is 10.6 Å². The van der Waals surface area contributed by atoms with Crippen molar-refractivity contribution >= 4 is 5.91 Å². The van der Waals surface area contributed by atoms with Crippen molar-refractivity contribution in [3.63, 3.8) is 0 Å². The molecule has 4 heterocycles. The first-order valence-corrected chi connectivity index (χ1v) is 7.48. The summed E-state index contributed by atoms with van der Waals surface area (Å²) in [6.07, 6.45) is 4.72. The van der Waals surface area contributed by atoms with Gasteiger partial charge < -0.3 is 15.5 Å². The van der Waals surface area contributed by atoms with Crippen molar-refractivity contribution in [1.82, 2.24) is 15.5 Å². The fourth-order valence-corrected chi connectivity index (χ4v) is 3.72. The van der Waals surface area contributed by atoms with Crippen molar-refractivity contribution < 1.29 is 4.79 Å². The fraction of sp³-hybridized carbons (Fsp3) is 0.929. The van der Waals surface area contributed by atoms with Gasteiger partial charge in [-0.1, -0.05) is 6.92 Å². The highest BCUT2D eigenvalue weighted by Gasteiger charge is 2.36. The lowest BCUT2D eigenvalue weighted by molar-refractivity contribution is -0.126. The van der Waals surface area contributed by atoms with Gasteiger partial charge in [-0.05, 0) is 57.2 Å². The Kier molecular flexibility index (Phi) is 3.57. The molecule has 4 saturated heterocycles. The number of fused-ring (bicyclic) bond motifs is 3. The highest BCUT2D eigenvalue weighted by Crippen LogP contribution is 2.27. The summed E-state index contributed by atoms with van der Waals surface area (Å²) in [4.78, 5) is 14.8. The van der Waals surface area contributed by atoms with E-state index in [1.807, 2.05) is 0 Å². The summed E-state index contributed by atoms with van der Waals surface area (Å²) in [6, 6.07) is 0.447. The quantitative estimate of drug-likeness (QED) is 0.755. The van der Waals surface area contributed by atoms with Gasteiger partial charge in [0.25, 0.3) is 0 Å². The third-order valence-corrected chi connectivity index (χ3v) is 4.97.